The van der Waals surface area contributed by atoms with Crippen LogP contribution in [0.5, 0.6) is 0 Å². The van der Waals surface area contributed by atoms with Gasteiger partial charge in [0.05, 0.1) is 12.8 Å². The lowest BCUT2D eigenvalue weighted by molar-refractivity contribution is -0.126. The van der Waals surface area contributed by atoms with Crippen LogP contribution in [0.1, 0.15) is 35.2 Å². The summed E-state index contributed by atoms with van der Waals surface area (Å²) in [4.78, 5) is 12.6. The molecule has 0 fully saturated rings. The molecule has 6 nitrogen and oxygen atoms in total. The largest absolute Gasteiger partial charge is 0.464 e. The first-order valence-electron chi connectivity index (χ1n) is 7.54. The third-order valence-electron chi connectivity index (χ3n) is 4.14. The van der Waals surface area contributed by atoms with Crippen molar-refractivity contribution < 1.29 is 13.9 Å². The number of nitrogens with zero attached hydrogens (tertiary/aromatic N) is 1. The number of hydrogen-bond acceptors (Lipinski definition) is 4. The average molecular weight is 303 g/mol. The number of furan rings is 1. The molecule has 0 saturated carbocycles. The Morgan fingerprint density at radius 3 is 3.18 bits per heavy atom. The Balaban J connectivity index is 1.67. The Bertz CT molecular complexity index is 647. The number of hydrogen-bond donors (Lipinski definition) is 2. The molecule has 0 spiro atoms. The summed E-state index contributed by atoms with van der Waals surface area (Å²) in [6, 6.07) is 3.52. The van der Waals surface area contributed by atoms with E-state index in [0.29, 0.717) is 6.61 Å². The van der Waals surface area contributed by atoms with Gasteiger partial charge in [-0.15, -0.1) is 0 Å². The molecule has 0 saturated heterocycles. The number of carbonyl (C=O) groups excluding carboxylic acids is 1. The standard InChI is InChI=1S/C16H21N3O3/c1-10-3-6-15(22-10)14(9-21-2)18-16(20)11-4-5-13-12(7-11)8-17-19-13/h3,6,8,11,14H,4-5,7,9H2,1-2H3,(H,17,19)(H,18,20). The zero-order valence-corrected chi connectivity index (χ0v) is 12.9. The van der Waals surface area contributed by atoms with Crippen LogP contribution in [-0.2, 0) is 22.4 Å². The van der Waals surface area contributed by atoms with Gasteiger partial charge >= 0.3 is 0 Å². The smallest absolute Gasteiger partial charge is 0.224 e. The van der Waals surface area contributed by atoms with E-state index in [-0.39, 0.29) is 17.9 Å². The topological polar surface area (TPSA) is 80.1 Å². The number of rotatable bonds is 5. The van der Waals surface area contributed by atoms with Gasteiger partial charge in [0.1, 0.15) is 17.6 Å². The summed E-state index contributed by atoms with van der Waals surface area (Å²) in [5.74, 6) is 1.57. The van der Waals surface area contributed by atoms with Crippen LogP contribution in [-0.4, -0.2) is 29.8 Å². The quantitative estimate of drug-likeness (QED) is 0.884. The number of methoxy groups -OCH3 is 1. The number of fused-ring (bicyclic) bond motifs is 1. The van der Waals surface area contributed by atoms with Crippen molar-refractivity contribution in [2.24, 2.45) is 5.92 Å². The van der Waals surface area contributed by atoms with Gasteiger partial charge < -0.3 is 14.5 Å². The van der Waals surface area contributed by atoms with E-state index < -0.39 is 0 Å². The fourth-order valence-corrected chi connectivity index (χ4v) is 2.93. The summed E-state index contributed by atoms with van der Waals surface area (Å²) in [7, 11) is 1.62. The molecule has 2 unspecified atom stereocenters. The van der Waals surface area contributed by atoms with Crippen LogP contribution in [0, 0.1) is 12.8 Å². The van der Waals surface area contributed by atoms with Crippen molar-refractivity contribution in [1.82, 2.24) is 15.5 Å². The molecule has 1 aliphatic rings. The zero-order valence-electron chi connectivity index (χ0n) is 12.9. The number of aryl methyl sites for hydroxylation is 2. The van der Waals surface area contributed by atoms with Crippen LogP contribution < -0.4 is 5.32 Å². The van der Waals surface area contributed by atoms with Crippen molar-refractivity contribution in [2.45, 2.75) is 32.2 Å². The molecule has 0 bridgehead atoms. The number of aromatic amines is 1. The minimum atomic E-state index is -0.253. The summed E-state index contributed by atoms with van der Waals surface area (Å²) >= 11 is 0. The van der Waals surface area contributed by atoms with E-state index in [2.05, 4.69) is 15.5 Å². The average Bonchev–Trinajstić information content (AvgIpc) is 3.14. The first-order valence-corrected chi connectivity index (χ1v) is 7.54. The minimum absolute atomic E-state index is 0.0273. The summed E-state index contributed by atoms with van der Waals surface area (Å²) in [5.41, 5.74) is 2.29. The van der Waals surface area contributed by atoms with E-state index in [0.717, 1.165) is 42.0 Å². The van der Waals surface area contributed by atoms with Gasteiger partial charge in [0.25, 0.3) is 0 Å². The van der Waals surface area contributed by atoms with Crippen LogP contribution in [0.4, 0.5) is 0 Å². The summed E-state index contributed by atoms with van der Waals surface area (Å²) in [6.07, 6.45) is 4.24. The highest BCUT2D eigenvalue weighted by Crippen LogP contribution is 2.25. The second kappa shape index (κ2) is 6.36. The molecule has 2 heterocycles. The Morgan fingerprint density at radius 2 is 2.45 bits per heavy atom. The second-order valence-electron chi connectivity index (χ2n) is 5.78. The molecular weight excluding hydrogens is 282 g/mol. The summed E-state index contributed by atoms with van der Waals surface area (Å²) in [6.45, 7) is 2.28. The summed E-state index contributed by atoms with van der Waals surface area (Å²) < 4.78 is 10.8. The molecule has 2 atom stereocenters. The number of amides is 1. The highest BCUT2D eigenvalue weighted by Gasteiger charge is 2.28. The van der Waals surface area contributed by atoms with Crippen molar-refractivity contribution in [3.05, 3.63) is 41.1 Å². The molecule has 118 valence electrons. The van der Waals surface area contributed by atoms with Crippen LogP contribution in [0.15, 0.2) is 22.7 Å². The lowest BCUT2D eigenvalue weighted by Gasteiger charge is -2.23. The summed E-state index contributed by atoms with van der Waals surface area (Å²) in [5, 5.41) is 10.1. The van der Waals surface area contributed by atoms with Crippen LogP contribution in [0.25, 0.3) is 0 Å². The second-order valence-corrected chi connectivity index (χ2v) is 5.78. The highest BCUT2D eigenvalue weighted by atomic mass is 16.5. The Labute approximate surface area is 129 Å². The van der Waals surface area contributed by atoms with Crippen LogP contribution in [0.3, 0.4) is 0 Å². The maximum absolute atomic E-state index is 12.6. The van der Waals surface area contributed by atoms with Crippen molar-refractivity contribution in [3.8, 4) is 0 Å². The molecule has 2 aromatic heterocycles. The molecule has 1 amide bonds. The lowest BCUT2D eigenvalue weighted by atomic mass is 9.87. The Kier molecular flexibility index (Phi) is 4.29. The number of ether oxygens (including phenoxy) is 1. The first kappa shape index (κ1) is 14.8. The van der Waals surface area contributed by atoms with Gasteiger partial charge in [0, 0.05) is 18.7 Å². The maximum Gasteiger partial charge on any atom is 0.224 e. The highest BCUT2D eigenvalue weighted by molar-refractivity contribution is 5.79. The van der Waals surface area contributed by atoms with Gasteiger partial charge in [-0.25, -0.2) is 0 Å². The number of H-pyrrole nitrogens is 1. The maximum atomic E-state index is 12.6. The van der Waals surface area contributed by atoms with E-state index in [1.54, 1.807) is 7.11 Å². The molecule has 6 heteroatoms. The molecule has 2 aromatic rings. The van der Waals surface area contributed by atoms with Gasteiger partial charge in [0.15, 0.2) is 0 Å². The normalized spacial score (nSPS) is 18.7. The van der Waals surface area contributed by atoms with Gasteiger partial charge in [-0.3, -0.25) is 9.89 Å². The Morgan fingerprint density at radius 1 is 1.59 bits per heavy atom. The fourth-order valence-electron chi connectivity index (χ4n) is 2.93. The van der Waals surface area contributed by atoms with E-state index in [4.69, 9.17) is 9.15 Å². The van der Waals surface area contributed by atoms with Crippen molar-refractivity contribution in [2.75, 3.05) is 13.7 Å². The predicted octanol–water partition coefficient (Wildman–Crippen LogP) is 1.92. The molecule has 1 aliphatic carbocycles. The van der Waals surface area contributed by atoms with Crippen molar-refractivity contribution in [1.29, 1.82) is 0 Å². The van der Waals surface area contributed by atoms with E-state index >= 15 is 0 Å². The van der Waals surface area contributed by atoms with Gasteiger partial charge in [-0.2, -0.15) is 5.10 Å². The predicted molar refractivity (Wildman–Crippen MR) is 80.3 cm³/mol. The van der Waals surface area contributed by atoms with Gasteiger partial charge in [-0.05, 0) is 43.9 Å². The number of carbonyl (C=O) groups is 1. The molecular formula is C16H21N3O3. The molecule has 0 aromatic carbocycles. The lowest BCUT2D eigenvalue weighted by Crippen LogP contribution is -2.38. The van der Waals surface area contributed by atoms with E-state index in [9.17, 15) is 4.79 Å². The number of nitrogens with one attached hydrogen (secondary N) is 2. The molecule has 2 N–H and O–H groups in total. The van der Waals surface area contributed by atoms with E-state index in [1.165, 1.54) is 0 Å². The van der Waals surface area contributed by atoms with Gasteiger partial charge in [-0.1, -0.05) is 0 Å². The van der Waals surface area contributed by atoms with Crippen LogP contribution >= 0.6 is 0 Å². The molecule has 22 heavy (non-hydrogen) atoms. The van der Waals surface area contributed by atoms with Crippen LogP contribution in [0.2, 0.25) is 0 Å². The van der Waals surface area contributed by atoms with Crippen molar-refractivity contribution in [3.63, 3.8) is 0 Å². The minimum Gasteiger partial charge on any atom is -0.464 e. The van der Waals surface area contributed by atoms with Crippen molar-refractivity contribution >= 4 is 5.91 Å². The molecule has 0 aliphatic heterocycles. The molecule has 0 radical (unpaired) electrons. The fraction of sp³-hybridized carbons (Fsp3) is 0.500. The SMILES string of the molecule is COCC(NC(=O)C1CCc2[nH]ncc2C1)c1ccc(C)o1. The van der Waals surface area contributed by atoms with Gasteiger partial charge in [0.2, 0.25) is 5.91 Å². The molecule has 3 rings (SSSR count). The number of aromatic nitrogens is 2. The monoisotopic (exact) mass is 303 g/mol. The van der Waals surface area contributed by atoms with E-state index in [1.807, 2.05) is 25.3 Å². The Hall–Kier alpha value is -2.08. The third-order valence-corrected chi connectivity index (χ3v) is 4.14. The first-order chi connectivity index (χ1) is 10.7. The zero-order chi connectivity index (χ0) is 15.5. The third kappa shape index (κ3) is 3.06.